The lowest BCUT2D eigenvalue weighted by Gasteiger charge is -2.36. The van der Waals surface area contributed by atoms with E-state index in [2.05, 4.69) is 16.7 Å². The molecule has 0 unspecified atom stereocenters. The molecule has 0 bridgehead atoms. The number of piperazine rings is 1. The summed E-state index contributed by atoms with van der Waals surface area (Å²) < 4.78 is 29.4. The van der Waals surface area contributed by atoms with Gasteiger partial charge < -0.3 is 9.80 Å². The van der Waals surface area contributed by atoms with Crippen molar-refractivity contribution in [1.82, 2.24) is 4.90 Å². The summed E-state index contributed by atoms with van der Waals surface area (Å²) in [6.07, 6.45) is -0.271. The van der Waals surface area contributed by atoms with E-state index in [-0.39, 0.29) is 17.0 Å². The van der Waals surface area contributed by atoms with Crippen molar-refractivity contribution in [3.05, 3.63) is 52.5 Å². The summed E-state index contributed by atoms with van der Waals surface area (Å²) in [4.78, 5) is 4.57. The minimum Gasteiger partial charge on any atom is -0.369 e. The Morgan fingerprint density at radius 2 is 1.67 bits per heavy atom. The molecule has 2 nitrogen and oxygen atoms in total. The zero-order valence-corrected chi connectivity index (χ0v) is 17.0. The van der Waals surface area contributed by atoms with Crippen LogP contribution in [0, 0.1) is 6.92 Å². The first-order valence-corrected chi connectivity index (χ1v) is 10.00. The third-order valence-electron chi connectivity index (χ3n) is 5.52. The third-order valence-corrected chi connectivity index (χ3v) is 5.92. The molecule has 2 aromatic carbocycles. The van der Waals surface area contributed by atoms with E-state index < -0.39 is 5.92 Å². The SMILES string of the molecule is CCN1CCN(c2cc(-c3ccccc3C)c(Cl)c(C(F)(F)CC)c2)CC1. The van der Waals surface area contributed by atoms with E-state index >= 15 is 0 Å². The van der Waals surface area contributed by atoms with Gasteiger partial charge in [0.15, 0.2) is 0 Å². The lowest BCUT2D eigenvalue weighted by atomic mass is 9.94. The van der Waals surface area contributed by atoms with Crippen LogP contribution in [0.5, 0.6) is 0 Å². The number of aryl methyl sites for hydroxylation is 1. The predicted octanol–water partition coefficient (Wildman–Crippen LogP) is 5.96. The normalized spacial score (nSPS) is 16.0. The van der Waals surface area contributed by atoms with Gasteiger partial charge in [0, 0.05) is 49.4 Å². The number of nitrogens with zero attached hydrogens (tertiary/aromatic N) is 2. The first-order chi connectivity index (χ1) is 12.9. The molecule has 146 valence electrons. The Bertz CT molecular complexity index is 799. The first-order valence-electron chi connectivity index (χ1n) is 9.62. The fourth-order valence-electron chi connectivity index (χ4n) is 3.64. The molecule has 1 fully saturated rings. The number of likely N-dealkylation sites (N-methyl/N-ethyl adjacent to an activating group) is 1. The van der Waals surface area contributed by atoms with E-state index in [1.807, 2.05) is 37.3 Å². The van der Waals surface area contributed by atoms with Crippen molar-refractivity contribution in [2.75, 3.05) is 37.6 Å². The molecule has 0 aliphatic carbocycles. The molecular weight excluding hydrogens is 366 g/mol. The van der Waals surface area contributed by atoms with E-state index in [1.54, 1.807) is 6.07 Å². The average molecular weight is 393 g/mol. The van der Waals surface area contributed by atoms with Crippen LogP contribution in [-0.4, -0.2) is 37.6 Å². The number of hydrogen-bond acceptors (Lipinski definition) is 2. The minimum atomic E-state index is -2.95. The van der Waals surface area contributed by atoms with Gasteiger partial charge in [-0.15, -0.1) is 0 Å². The molecule has 1 heterocycles. The summed E-state index contributed by atoms with van der Waals surface area (Å²) in [6.45, 7) is 10.2. The van der Waals surface area contributed by atoms with Gasteiger partial charge in [-0.3, -0.25) is 0 Å². The summed E-state index contributed by atoms with van der Waals surface area (Å²) >= 11 is 6.53. The van der Waals surface area contributed by atoms with Gasteiger partial charge in [0.25, 0.3) is 5.92 Å². The maximum atomic E-state index is 14.7. The van der Waals surface area contributed by atoms with E-state index in [0.29, 0.717) is 5.56 Å². The Kier molecular flexibility index (Phi) is 6.07. The number of halogens is 3. The van der Waals surface area contributed by atoms with Crippen molar-refractivity contribution in [2.24, 2.45) is 0 Å². The summed E-state index contributed by atoms with van der Waals surface area (Å²) in [7, 11) is 0. The maximum absolute atomic E-state index is 14.7. The van der Waals surface area contributed by atoms with Gasteiger partial charge in [-0.1, -0.05) is 49.7 Å². The van der Waals surface area contributed by atoms with Gasteiger partial charge in [-0.25, -0.2) is 8.78 Å². The highest BCUT2D eigenvalue weighted by molar-refractivity contribution is 6.34. The Balaban J connectivity index is 2.11. The van der Waals surface area contributed by atoms with Crippen LogP contribution in [0.3, 0.4) is 0 Å². The Hall–Kier alpha value is -1.65. The zero-order chi connectivity index (χ0) is 19.6. The lowest BCUT2D eigenvalue weighted by molar-refractivity contribution is -0.00810. The second-order valence-corrected chi connectivity index (χ2v) is 7.53. The van der Waals surface area contributed by atoms with Crippen LogP contribution in [0.4, 0.5) is 14.5 Å². The van der Waals surface area contributed by atoms with Crippen LogP contribution in [-0.2, 0) is 5.92 Å². The Morgan fingerprint density at radius 3 is 2.26 bits per heavy atom. The molecule has 27 heavy (non-hydrogen) atoms. The largest absolute Gasteiger partial charge is 0.369 e. The summed E-state index contributed by atoms with van der Waals surface area (Å²) in [6, 6.07) is 11.4. The molecule has 5 heteroatoms. The van der Waals surface area contributed by atoms with Crippen molar-refractivity contribution >= 4 is 17.3 Å². The lowest BCUT2D eigenvalue weighted by Crippen LogP contribution is -2.46. The molecule has 0 amide bonds. The van der Waals surface area contributed by atoms with E-state index in [9.17, 15) is 8.78 Å². The van der Waals surface area contributed by atoms with Gasteiger partial charge in [0.2, 0.25) is 0 Å². The third kappa shape index (κ3) is 4.12. The summed E-state index contributed by atoms with van der Waals surface area (Å²) in [5, 5.41) is 0.159. The molecule has 0 N–H and O–H groups in total. The van der Waals surface area contributed by atoms with Crippen LogP contribution in [0.15, 0.2) is 36.4 Å². The van der Waals surface area contributed by atoms with Gasteiger partial charge in [-0.05, 0) is 36.7 Å². The highest BCUT2D eigenvalue weighted by atomic mass is 35.5. The van der Waals surface area contributed by atoms with Crippen molar-refractivity contribution in [1.29, 1.82) is 0 Å². The van der Waals surface area contributed by atoms with Gasteiger partial charge in [-0.2, -0.15) is 0 Å². The molecule has 0 saturated carbocycles. The van der Waals surface area contributed by atoms with Gasteiger partial charge >= 0.3 is 0 Å². The fourth-order valence-corrected chi connectivity index (χ4v) is 3.99. The molecule has 0 spiro atoms. The molecule has 1 aliphatic rings. The van der Waals surface area contributed by atoms with Gasteiger partial charge in [0.1, 0.15) is 0 Å². The topological polar surface area (TPSA) is 6.48 Å². The number of anilines is 1. The zero-order valence-electron chi connectivity index (χ0n) is 16.2. The quantitative estimate of drug-likeness (QED) is 0.619. The molecule has 1 saturated heterocycles. The molecule has 0 atom stereocenters. The van der Waals surface area contributed by atoms with Crippen molar-refractivity contribution in [2.45, 2.75) is 33.1 Å². The van der Waals surface area contributed by atoms with Crippen LogP contribution >= 0.6 is 11.6 Å². The Labute approximate surface area is 165 Å². The molecule has 3 rings (SSSR count). The first kappa shape index (κ1) is 20.1. The molecule has 1 aliphatic heterocycles. The minimum absolute atomic E-state index is 0.0691. The van der Waals surface area contributed by atoms with E-state index in [0.717, 1.165) is 49.5 Å². The fraction of sp³-hybridized carbons (Fsp3) is 0.455. The highest BCUT2D eigenvalue weighted by Crippen LogP contribution is 2.44. The van der Waals surface area contributed by atoms with Crippen LogP contribution in [0.2, 0.25) is 5.02 Å². The smallest absolute Gasteiger partial charge is 0.274 e. The summed E-state index contributed by atoms with van der Waals surface area (Å²) in [5.41, 5.74) is 3.38. The molecule has 0 radical (unpaired) electrons. The van der Waals surface area contributed by atoms with Crippen molar-refractivity contribution in [3.63, 3.8) is 0 Å². The second kappa shape index (κ2) is 8.15. The Morgan fingerprint density at radius 1 is 1.00 bits per heavy atom. The van der Waals surface area contributed by atoms with E-state index in [1.165, 1.54) is 6.92 Å². The van der Waals surface area contributed by atoms with Gasteiger partial charge in [0.05, 0.1) is 5.02 Å². The highest BCUT2D eigenvalue weighted by Gasteiger charge is 2.34. The molecule has 2 aromatic rings. The average Bonchev–Trinajstić information content (AvgIpc) is 2.69. The monoisotopic (exact) mass is 392 g/mol. The van der Waals surface area contributed by atoms with E-state index in [4.69, 9.17) is 11.6 Å². The number of alkyl halides is 2. The number of rotatable bonds is 5. The van der Waals surface area contributed by atoms with Crippen LogP contribution < -0.4 is 4.90 Å². The molecular formula is C22H27ClF2N2. The second-order valence-electron chi connectivity index (χ2n) is 7.15. The molecule has 0 aromatic heterocycles. The predicted molar refractivity (Wildman–Crippen MR) is 110 cm³/mol. The number of hydrogen-bond donors (Lipinski definition) is 0. The van der Waals surface area contributed by atoms with Crippen LogP contribution in [0.1, 0.15) is 31.4 Å². The maximum Gasteiger partial charge on any atom is 0.274 e. The van der Waals surface area contributed by atoms with Crippen molar-refractivity contribution < 1.29 is 8.78 Å². The van der Waals surface area contributed by atoms with Crippen molar-refractivity contribution in [3.8, 4) is 11.1 Å². The standard InChI is InChI=1S/C22H27ClF2N2/c1-4-22(24,25)20-15-17(27-12-10-26(5-2)11-13-27)14-19(21(20)23)18-9-7-6-8-16(18)3/h6-9,14-15H,4-5,10-13H2,1-3H3. The number of benzene rings is 2. The van der Waals surface area contributed by atoms with Crippen LogP contribution in [0.25, 0.3) is 11.1 Å². The summed E-state index contributed by atoms with van der Waals surface area (Å²) in [5.74, 6) is -2.95.